The average molecular weight is 269 g/mol. The minimum atomic E-state index is 0.336. The summed E-state index contributed by atoms with van der Waals surface area (Å²) in [7, 11) is 0. The minimum Gasteiger partial charge on any atom is -0.377 e. The first-order valence-corrected chi connectivity index (χ1v) is 7.56. The highest BCUT2D eigenvalue weighted by molar-refractivity contribution is 7.12. The first-order chi connectivity index (χ1) is 8.75. The molecule has 0 radical (unpaired) electrons. The van der Waals surface area contributed by atoms with Gasteiger partial charge in [0.05, 0.1) is 19.3 Å². The highest BCUT2D eigenvalue weighted by Gasteiger charge is 2.15. The molecular formula is C14H23NO2S. The van der Waals surface area contributed by atoms with Crippen molar-refractivity contribution in [2.24, 2.45) is 0 Å². The molecule has 0 spiro atoms. The second-order valence-electron chi connectivity index (χ2n) is 4.83. The summed E-state index contributed by atoms with van der Waals surface area (Å²) in [5.41, 5.74) is 0. The molecule has 102 valence electrons. The second-order valence-corrected chi connectivity index (χ2v) is 6.15. The summed E-state index contributed by atoms with van der Waals surface area (Å²) in [6.07, 6.45) is 2.67. The van der Waals surface area contributed by atoms with Gasteiger partial charge in [-0.3, -0.25) is 0 Å². The molecule has 2 rings (SSSR count). The molecule has 0 aromatic carbocycles. The molecule has 1 fully saturated rings. The molecule has 1 N–H and O–H groups in total. The summed E-state index contributed by atoms with van der Waals surface area (Å²) in [5.74, 6) is 0. The lowest BCUT2D eigenvalue weighted by molar-refractivity contribution is 0.0179. The Labute approximate surface area is 113 Å². The summed E-state index contributed by atoms with van der Waals surface area (Å²) in [6, 6.07) is 4.78. The fourth-order valence-corrected chi connectivity index (χ4v) is 3.03. The molecule has 1 aliphatic heterocycles. The van der Waals surface area contributed by atoms with Crippen molar-refractivity contribution in [1.82, 2.24) is 5.32 Å². The van der Waals surface area contributed by atoms with E-state index in [1.807, 2.05) is 11.3 Å². The van der Waals surface area contributed by atoms with Crippen molar-refractivity contribution in [3.8, 4) is 0 Å². The standard InChI is InChI=1S/C14H23NO2S/c1-11-5-6-14(18-11)12(2)15-7-9-16-10-13-4-3-8-17-13/h5-6,12-13,15H,3-4,7-10H2,1-2H3. The fourth-order valence-electron chi connectivity index (χ4n) is 2.12. The molecule has 0 saturated carbocycles. The largest absolute Gasteiger partial charge is 0.377 e. The topological polar surface area (TPSA) is 30.5 Å². The van der Waals surface area contributed by atoms with Crippen LogP contribution in [0.3, 0.4) is 0 Å². The minimum absolute atomic E-state index is 0.336. The van der Waals surface area contributed by atoms with Gasteiger partial charge in [-0.1, -0.05) is 0 Å². The maximum atomic E-state index is 5.62. The molecule has 18 heavy (non-hydrogen) atoms. The number of aryl methyl sites for hydroxylation is 1. The van der Waals surface area contributed by atoms with E-state index in [2.05, 4.69) is 31.3 Å². The Morgan fingerprint density at radius 2 is 2.44 bits per heavy atom. The monoisotopic (exact) mass is 269 g/mol. The zero-order chi connectivity index (χ0) is 12.8. The van der Waals surface area contributed by atoms with Gasteiger partial charge >= 0.3 is 0 Å². The van der Waals surface area contributed by atoms with Gasteiger partial charge in [-0.05, 0) is 38.8 Å². The van der Waals surface area contributed by atoms with Crippen molar-refractivity contribution in [3.05, 3.63) is 21.9 Å². The van der Waals surface area contributed by atoms with E-state index in [1.54, 1.807) is 0 Å². The van der Waals surface area contributed by atoms with Gasteiger partial charge in [0.1, 0.15) is 0 Å². The Balaban J connectivity index is 1.54. The molecule has 0 aliphatic carbocycles. The van der Waals surface area contributed by atoms with Gasteiger partial charge in [0.2, 0.25) is 0 Å². The van der Waals surface area contributed by atoms with Gasteiger partial charge in [0.25, 0.3) is 0 Å². The summed E-state index contributed by atoms with van der Waals surface area (Å²) < 4.78 is 11.1. The van der Waals surface area contributed by atoms with Crippen LogP contribution in [0.1, 0.15) is 35.6 Å². The Morgan fingerprint density at radius 3 is 3.11 bits per heavy atom. The Hall–Kier alpha value is -0.420. The Bertz CT molecular complexity index is 347. The van der Waals surface area contributed by atoms with E-state index >= 15 is 0 Å². The van der Waals surface area contributed by atoms with Gasteiger partial charge in [-0.2, -0.15) is 0 Å². The number of hydrogen-bond donors (Lipinski definition) is 1. The predicted molar refractivity (Wildman–Crippen MR) is 75.3 cm³/mol. The van der Waals surface area contributed by atoms with Crippen molar-refractivity contribution in [1.29, 1.82) is 0 Å². The zero-order valence-corrected chi connectivity index (χ0v) is 12.1. The molecule has 2 atom stereocenters. The van der Waals surface area contributed by atoms with Crippen LogP contribution >= 0.6 is 11.3 Å². The Kier molecular flexibility index (Phi) is 5.63. The molecule has 0 bridgehead atoms. The number of nitrogens with one attached hydrogen (secondary N) is 1. The Morgan fingerprint density at radius 1 is 1.56 bits per heavy atom. The van der Waals surface area contributed by atoms with Crippen molar-refractivity contribution >= 4 is 11.3 Å². The second kappa shape index (κ2) is 7.24. The fraction of sp³-hybridized carbons (Fsp3) is 0.714. The molecule has 4 heteroatoms. The van der Waals surface area contributed by atoms with E-state index in [4.69, 9.17) is 9.47 Å². The maximum Gasteiger partial charge on any atom is 0.0809 e. The lowest BCUT2D eigenvalue weighted by Gasteiger charge is -2.13. The molecule has 0 amide bonds. The van der Waals surface area contributed by atoms with Gasteiger partial charge in [-0.25, -0.2) is 0 Å². The molecule has 1 aromatic heterocycles. The van der Waals surface area contributed by atoms with Gasteiger partial charge in [0.15, 0.2) is 0 Å². The number of rotatable bonds is 7. The van der Waals surface area contributed by atoms with Crippen molar-refractivity contribution in [2.45, 2.75) is 38.8 Å². The first kappa shape index (κ1) is 14.0. The van der Waals surface area contributed by atoms with Crippen LogP contribution in [0.15, 0.2) is 12.1 Å². The predicted octanol–water partition coefficient (Wildman–Crippen LogP) is 2.90. The number of ether oxygens (including phenoxy) is 2. The van der Waals surface area contributed by atoms with E-state index in [0.717, 1.165) is 32.8 Å². The molecule has 3 nitrogen and oxygen atoms in total. The van der Waals surface area contributed by atoms with Crippen LogP contribution in [0.4, 0.5) is 0 Å². The third kappa shape index (κ3) is 4.35. The average Bonchev–Trinajstić information content (AvgIpc) is 2.99. The van der Waals surface area contributed by atoms with Crippen molar-refractivity contribution < 1.29 is 9.47 Å². The van der Waals surface area contributed by atoms with Crippen LogP contribution in [0.5, 0.6) is 0 Å². The SMILES string of the molecule is Cc1ccc(C(C)NCCOCC2CCCO2)s1. The zero-order valence-electron chi connectivity index (χ0n) is 11.3. The van der Waals surface area contributed by atoms with E-state index in [9.17, 15) is 0 Å². The van der Waals surface area contributed by atoms with E-state index in [-0.39, 0.29) is 0 Å². The number of hydrogen-bond acceptors (Lipinski definition) is 4. The lowest BCUT2D eigenvalue weighted by atomic mass is 10.2. The molecule has 2 unspecified atom stereocenters. The molecule has 2 heterocycles. The van der Waals surface area contributed by atoms with Gasteiger partial charge < -0.3 is 14.8 Å². The highest BCUT2D eigenvalue weighted by Crippen LogP contribution is 2.21. The van der Waals surface area contributed by atoms with Crippen LogP contribution in [-0.4, -0.2) is 32.5 Å². The van der Waals surface area contributed by atoms with Gasteiger partial charge in [-0.15, -0.1) is 11.3 Å². The van der Waals surface area contributed by atoms with Crippen molar-refractivity contribution in [3.63, 3.8) is 0 Å². The summed E-state index contributed by atoms with van der Waals surface area (Å²) in [6.45, 7) is 7.64. The maximum absolute atomic E-state index is 5.62. The van der Waals surface area contributed by atoms with Crippen LogP contribution in [-0.2, 0) is 9.47 Å². The highest BCUT2D eigenvalue weighted by atomic mass is 32.1. The quantitative estimate of drug-likeness (QED) is 0.772. The summed E-state index contributed by atoms with van der Waals surface area (Å²) in [5, 5.41) is 3.48. The van der Waals surface area contributed by atoms with Crippen LogP contribution in [0.2, 0.25) is 0 Å². The lowest BCUT2D eigenvalue weighted by Crippen LogP contribution is -2.24. The molecule has 1 aliphatic rings. The van der Waals surface area contributed by atoms with Crippen LogP contribution in [0.25, 0.3) is 0 Å². The molecular weight excluding hydrogens is 246 g/mol. The van der Waals surface area contributed by atoms with Crippen molar-refractivity contribution in [2.75, 3.05) is 26.4 Å². The summed E-state index contributed by atoms with van der Waals surface area (Å²) >= 11 is 1.86. The third-order valence-electron chi connectivity index (χ3n) is 3.21. The van der Waals surface area contributed by atoms with Crippen LogP contribution < -0.4 is 5.32 Å². The van der Waals surface area contributed by atoms with E-state index < -0.39 is 0 Å². The van der Waals surface area contributed by atoms with E-state index in [0.29, 0.717) is 12.1 Å². The van der Waals surface area contributed by atoms with Crippen LogP contribution in [0, 0.1) is 6.92 Å². The summed E-state index contributed by atoms with van der Waals surface area (Å²) in [4.78, 5) is 2.76. The first-order valence-electron chi connectivity index (χ1n) is 6.75. The normalized spacial score (nSPS) is 21.3. The van der Waals surface area contributed by atoms with E-state index in [1.165, 1.54) is 16.2 Å². The molecule has 1 aromatic rings. The molecule has 1 saturated heterocycles. The third-order valence-corrected chi connectivity index (χ3v) is 4.40. The van der Waals surface area contributed by atoms with Gasteiger partial charge in [0, 0.05) is 28.9 Å². The smallest absolute Gasteiger partial charge is 0.0809 e. The number of thiophene rings is 1.